The molecule has 0 atom stereocenters. The van der Waals surface area contributed by atoms with Gasteiger partial charge in [-0.2, -0.15) is 0 Å². The molecule has 6 heteroatoms. The summed E-state index contributed by atoms with van der Waals surface area (Å²) in [6.07, 6.45) is 0. The molecule has 1 aromatic heterocycles. The summed E-state index contributed by atoms with van der Waals surface area (Å²) in [4.78, 5) is 10.9. The van der Waals surface area contributed by atoms with Gasteiger partial charge in [0, 0.05) is 9.26 Å². The van der Waals surface area contributed by atoms with Crippen molar-refractivity contribution in [1.29, 1.82) is 0 Å². The lowest BCUT2D eigenvalue weighted by molar-refractivity contribution is 0.0695. The van der Waals surface area contributed by atoms with E-state index >= 15 is 0 Å². The second-order valence-electron chi connectivity index (χ2n) is 3.97. The lowest BCUT2D eigenvalue weighted by atomic mass is 10.2. The molecule has 0 aliphatic rings. The number of carboxylic acids is 1. The van der Waals surface area contributed by atoms with E-state index in [1.165, 1.54) is 18.2 Å². The first-order valence-electron chi connectivity index (χ1n) is 5.49. The Hall–Kier alpha value is -1.57. The molecule has 0 saturated heterocycles. The summed E-state index contributed by atoms with van der Waals surface area (Å²) in [6, 6.07) is 5.89. The van der Waals surface area contributed by atoms with E-state index in [0.717, 1.165) is 9.26 Å². The standard InChI is InChI=1S/C13H11FINO3/c1-7-10(13(17)18)5-9(19-7)6-16-12-3-2-8(14)4-11(12)15/h2-5,16H,6H2,1H3,(H,17,18). The monoisotopic (exact) mass is 375 g/mol. The van der Waals surface area contributed by atoms with Crippen LogP contribution in [0.2, 0.25) is 0 Å². The first kappa shape index (κ1) is 13.9. The van der Waals surface area contributed by atoms with Gasteiger partial charge in [-0.3, -0.25) is 0 Å². The number of hydrogen-bond donors (Lipinski definition) is 2. The minimum absolute atomic E-state index is 0.158. The zero-order valence-electron chi connectivity index (χ0n) is 10.0. The Morgan fingerprint density at radius 3 is 2.79 bits per heavy atom. The van der Waals surface area contributed by atoms with Crippen molar-refractivity contribution in [3.8, 4) is 0 Å². The highest BCUT2D eigenvalue weighted by Crippen LogP contribution is 2.21. The number of carboxylic acid groups (broad SMARTS) is 1. The first-order chi connectivity index (χ1) is 8.97. The molecule has 1 heterocycles. The Bertz CT molecular complexity index is 624. The van der Waals surface area contributed by atoms with Crippen molar-refractivity contribution in [3.63, 3.8) is 0 Å². The van der Waals surface area contributed by atoms with Crippen LogP contribution in [0.15, 0.2) is 28.7 Å². The van der Waals surface area contributed by atoms with Crippen LogP contribution < -0.4 is 5.32 Å². The van der Waals surface area contributed by atoms with Gasteiger partial charge in [0.05, 0.1) is 6.54 Å². The Kier molecular flexibility index (Phi) is 4.08. The van der Waals surface area contributed by atoms with Crippen LogP contribution in [-0.2, 0) is 6.54 Å². The van der Waals surface area contributed by atoms with E-state index in [9.17, 15) is 9.18 Å². The van der Waals surface area contributed by atoms with Crippen LogP contribution in [0.1, 0.15) is 21.9 Å². The number of furan rings is 1. The molecule has 0 bridgehead atoms. The predicted octanol–water partition coefficient (Wildman–Crippen LogP) is 3.64. The molecule has 4 nitrogen and oxygen atoms in total. The van der Waals surface area contributed by atoms with E-state index < -0.39 is 5.97 Å². The van der Waals surface area contributed by atoms with E-state index in [0.29, 0.717) is 18.1 Å². The molecule has 0 aliphatic heterocycles. The van der Waals surface area contributed by atoms with Crippen molar-refractivity contribution in [2.24, 2.45) is 0 Å². The zero-order chi connectivity index (χ0) is 14.0. The first-order valence-corrected chi connectivity index (χ1v) is 6.57. The number of aryl methyl sites for hydroxylation is 1. The van der Waals surface area contributed by atoms with Crippen LogP contribution in [-0.4, -0.2) is 11.1 Å². The maximum atomic E-state index is 12.9. The second kappa shape index (κ2) is 5.60. The minimum atomic E-state index is -1.01. The Balaban J connectivity index is 2.10. The molecule has 1 aromatic carbocycles. The van der Waals surface area contributed by atoms with Gasteiger partial charge in [-0.05, 0) is 53.8 Å². The largest absolute Gasteiger partial charge is 0.478 e. The maximum absolute atomic E-state index is 12.9. The van der Waals surface area contributed by atoms with Crippen molar-refractivity contribution in [2.75, 3.05) is 5.32 Å². The van der Waals surface area contributed by atoms with Crippen LogP contribution >= 0.6 is 22.6 Å². The summed E-state index contributed by atoms with van der Waals surface area (Å²) in [6.45, 7) is 1.95. The van der Waals surface area contributed by atoms with Gasteiger partial charge in [0.25, 0.3) is 0 Å². The van der Waals surface area contributed by atoms with Crippen LogP contribution in [0, 0.1) is 16.3 Å². The number of carbonyl (C=O) groups is 1. The van der Waals surface area contributed by atoms with Gasteiger partial charge >= 0.3 is 5.97 Å². The normalized spacial score (nSPS) is 10.5. The van der Waals surface area contributed by atoms with E-state index in [2.05, 4.69) is 5.32 Å². The summed E-state index contributed by atoms with van der Waals surface area (Å²) in [5.41, 5.74) is 0.929. The van der Waals surface area contributed by atoms with Crippen LogP contribution in [0.25, 0.3) is 0 Å². The molecular formula is C13H11FINO3. The molecule has 0 spiro atoms. The van der Waals surface area contributed by atoms with Gasteiger partial charge in [0.1, 0.15) is 22.9 Å². The van der Waals surface area contributed by atoms with E-state index in [4.69, 9.17) is 9.52 Å². The maximum Gasteiger partial charge on any atom is 0.339 e. The van der Waals surface area contributed by atoms with Gasteiger partial charge in [-0.15, -0.1) is 0 Å². The number of anilines is 1. The van der Waals surface area contributed by atoms with Gasteiger partial charge in [0.2, 0.25) is 0 Å². The van der Waals surface area contributed by atoms with Gasteiger partial charge < -0.3 is 14.8 Å². The van der Waals surface area contributed by atoms with Gasteiger partial charge in [-0.25, -0.2) is 9.18 Å². The molecule has 0 radical (unpaired) electrons. The fourth-order valence-corrected chi connectivity index (χ4v) is 2.33. The summed E-state index contributed by atoms with van der Waals surface area (Å²) in [7, 11) is 0. The Labute approximate surface area is 122 Å². The smallest absolute Gasteiger partial charge is 0.339 e. The third-order valence-electron chi connectivity index (χ3n) is 2.58. The highest BCUT2D eigenvalue weighted by atomic mass is 127. The third-order valence-corrected chi connectivity index (χ3v) is 3.48. The van der Waals surface area contributed by atoms with E-state index in [1.807, 2.05) is 22.6 Å². The van der Waals surface area contributed by atoms with Crippen LogP contribution in [0.3, 0.4) is 0 Å². The van der Waals surface area contributed by atoms with E-state index in [1.54, 1.807) is 13.0 Å². The fraction of sp³-hybridized carbons (Fsp3) is 0.154. The number of hydrogen-bond acceptors (Lipinski definition) is 3. The molecule has 2 aromatic rings. The van der Waals surface area contributed by atoms with Gasteiger partial charge in [-0.1, -0.05) is 0 Å². The number of halogens is 2. The number of nitrogens with one attached hydrogen (secondary N) is 1. The molecule has 100 valence electrons. The zero-order valence-corrected chi connectivity index (χ0v) is 12.2. The number of aromatic carboxylic acids is 1. The van der Waals surface area contributed by atoms with Crippen LogP contribution in [0.5, 0.6) is 0 Å². The van der Waals surface area contributed by atoms with Crippen molar-refractivity contribution < 1.29 is 18.7 Å². The summed E-state index contributed by atoms with van der Waals surface area (Å²) in [5.74, 6) is -0.408. The molecule has 19 heavy (non-hydrogen) atoms. The summed E-state index contributed by atoms with van der Waals surface area (Å²) in [5, 5.41) is 12.0. The Morgan fingerprint density at radius 1 is 1.47 bits per heavy atom. The Morgan fingerprint density at radius 2 is 2.21 bits per heavy atom. The molecule has 0 aliphatic carbocycles. The average molecular weight is 375 g/mol. The molecular weight excluding hydrogens is 364 g/mol. The van der Waals surface area contributed by atoms with Crippen molar-refractivity contribution in [2.45, 2.75) is 13.5 Å². The second-order valence-corrected chi connectivity index (χ2v) is 5.13. The van der Waals surface area contributed by atoms with Gasteiger partial charge in [0.15, 0.2) is 0 Å². The molecule has 2 N–H and O–H groups in total. The van der Waals surface area contributed by atoms with Crippen LogP contribution in [0.4, 0.5) is 10.1 Å². The highest BCUT2D eigenvalue weighted by molar-refractivity contribution is 14.1. The number of rotatable bonds is 4. The topological polar surface area (TPSA) is 62.5 Å². The molecule has 0 saturated carbocycles. The fourth-order valence-electron chi connectivity index (χ4n) is 1.66. The minimum Gasteiger partial charge on any atom is -0.478 e. The molecule has 0 fully saturated rings. The lowest BCUT2D eigenvalue weighted by Crippen LogP contribution is -2.00. The van der Waals surface area contributed by atoms with Crippen molar-refractivity contribution in [1.82, 2.24) is 0 Å². The predicted molar refractivity (Wildman–Crippen MR) is 76.8 cm³/mol. The molecule has 2 rings (SSSR count). The highest BCUT2D eigenvalue weighted by Gasteiger charge is 2.13. The SMILES string of the molecule is Cc1oc(CNc2ccc(F)cc2I)cc1C(=O)O. The van der Waals surface area contributed by atoms with Crippen molar-refractivity contribution in [3.05, 3.63) is 50.7 Å². The summed E-state index contributed by atoms with van der Waals surface area (Å²) < 4.78 is 19.0. The lowest BCUT2D eigenvalue weighted by Gasteiger charge is -2.06. The summed E-state index contributed by atoms with van der Waals surface area (Å²) >= 11 is 2.02. The quantitative estimate of drug-likeness (QED) is 0.802. The van der Waals surface area contributed by atoms with Crippen molar-refractivity contribution >= 4 is 34.2 Å². The average Bonchev–Trinajstić information content (AvgIpc) is 2.69. The number of benzene rings is 1. The molecule has 0 amide bonds. The molecule has 0 unspecified atom stereocenters. The third kappa shape index (κ3) is 3.25. The van der Waals surface area contributed by atoms with E-state index in [-0.39, 0.29) is 11.4 Å².